The van der Waals surface area contributed by atoms with Crippen molar-refractivity contribution < 1.29 is 22.3 Å². The molecule has 2 aromatic rings. The van der Waals surface area contributed by atoms with Crippen molar-refractivity contribution in [1.29, 1.82) is 5.39 Å². The quantitative estimate of drug-likeness (QED) is 0.239. The van der Waals surface area contributed by atoms with Gasteiger partial charge < -0.3 is 9.64 Å². The average molecular weight is 461 g/mol. The summed E-state index contributed by atoms with van der Waals surface area (Å²) in [7, 11) is -3.06. The highest BCUT2D eigenvalue weighted by molar-refractivity contribution is 7.99. The predicted molar refractivity (Wildman–Crippen MR) is 117 cm³/mol. The molecule has 158 valence electrons. The summed E-state index contributed by atoms with van der Waals surface area (Å²) in [5.74, 6) is 1.70. The van der Waals surface area contributed by atoms with Crippen LogP contribution < -0.4 is 9.64 Å². The van der Waals surface area contributed by atoms with Gasteiger partial charge in [-0.3, -0.25) is 9.11 Å². The van der Waals surface area contributed by atoms with Crippen molar-refractivity contribution in [3.8, 4) is 5.75 Å². The molecule has 2 aromatic carbocycles. The van der Waals surface area contributed by atoms with E-state index in [4.69, 9.17) is 39.3 Å². The number of methoxy groups -OCH3 is 1. The van der Waals surface area contributed by atoms with Gasteiger partial charge in [-0.25, -0.2) is 0 Å². The molecular formula is C18H23ClN3O5S2+. The molecule has 0 unspecified atom stereocenters. The van der Waals surface area contributed by atoms with Crippen LogP contribution in [-0.4, -0.2) is 43.5 Å². The molecule has 29 heavy (non-hydrogen) atoms. The van der Waals surface area contributed by atoms with Gasteiger partial charge >= 0.3 is 16.1 Å². The van der Waals surface area contributed by atoms with E-state index in [0.717, 1.165) is 31.0 Å². The lowest BCUT2D eigenvalue weighted by atomic mass is 10.2. The topological polar surface area (TPSA) is 115 Å². The van der Waals surface area contributed by atoms with Gasteiger partial charge in [-0.15, -0.1) is 11.8 Å². The number of hydrogen-bond donors (Lipinski definition) is 2. The molecule has 0 radical (unpaired) electrons. The molecule has 2 N–H and O–H groups in total. The van der Waals surface area contributed by atoms with Gasteiger partial charge in [-0.05, 0) is 37.3 Å². The summed E-state index contributed by atoms with van der Waals surface area (Å²) in [4.78, 5) is 6.69. The Kier molecular flexibility index (Phi) is 10.8. The molecule has 0 aliphatic heterocycles. The van der Waals surface area contributed by atoms with E-state index in [9.17, 15) is 0 Å². The zero-order valence-electron chi connectivity index (χ0n) is 16.0. The summed E-state index contributed by atoms with van der Waals surface area (Å²) in [6, 6.07) is 13.8. The Morgan fingerprint density at radius 2 is 1.86 bits per heavy atom. The fourth-order valence-electron chi connectivity index (χ4n) is 2.43. The Labute approximate surface area is 180 Å². The van der Waals surface area contributed by atoms with Crippen molar-refractivity contribution in [2.45, 2.75) is 18.2 Å². The van der Waals surface area contributed by atoms with Crippen LogP contribution in [0.15, 0.2) is 47.4 Å². The van der Waals surface area contributed by atoms with Crippen molar-refractivity contribution in [1.82, 2.24) is 0 Å². The van der Waals surface area contributed by atoms with Crippen molar-refractivity contribution in [2.24, 2.45) is 0 Å². The number of nitrogens with zero attached hydrogens (tertiary/aromatic N) is 3. The van der Waals surface area contributed by atoms with Crippen LogP contribution in [-0.2, 0) is 10.4 Å². The highest BCUT2D eigenvalue weighted by Crippen LogP contribution is 2.38. The monoisotopic (exact) mass is 460 g/mol. The molecule has 0 amide bonds. The van der Waals surface area contributed by atoms with Gasteiger partial charge in [-0.2, -0.15) is 8.42 Å². The molecule has 0 aliphatic rings. The minimum atomic E-state index is -4.67. The molecule has 2 rings (SSSR count). The first-order valence-electron chi connectivity index (χ1n) is 8.54. The lowest BCUT2D eigenvalue weighted by Crippen LogP contribution is -2.24. The van der Waals surface area contributed by atoms with Crippen LogP contribution in [0.5, 0.6) is 5.75 Å². The zero-order chi connectivity index (χ0) is 21.9. The maximum absolute atomic E-state index is 8.98. The number of diazo groups is 1. The van der Waals surface area contributed by atoms with E-state index in [2.05, 4.69) is 41.1 Å². The minimum absolute atomic E-state index is 0.313. The number of hydrogen-bond acceptors (Lipinski definition) is 6. The number of thioether (sulfide) groups is 1. The molecular weight excluding hydrogens is 438 g/mol. The molecule has 0 saturated carbocycles. The molecule has 0 heterocycles. The third-order valence-corrected chi connectivity index (χ3v) is 5.06. The summed E-state index contributed by atoms with van der Waals surface area (Å²) in [5, 5.41) is 9.38. The molecule has 0 aliphatic carbocycles. The van der Waals surface area contributed by atoms with Crippen LogP contribution in [0.4, 0.5) is 11.4 Å². The number of ether oxygens (including phenoxy) is 1. The highest BCUT2D eigenvalue weighted by Gasteiger charge is 2.20. The molecule has 0 aromatic heterocycles. The van der Waals surface area contributed by atoms with Crippen molar-refractivity contribution >= 4 is 45.1 Å². The maximum Gasteiger partial charge on any atom is 0.407 e. The van der Waals surface area contributed by atoms with Crippen LogP contribution in [0.3, 0.4) is 0 Å². The number of halogens is 1. The van der Waals surface area contributed by atoms with Crippen LogP contribution >= 0.6 is 23.4 Å². The van der Waals surface area contributed by atoms with Crippen molar-refractivity contribution in [2.75, 3.05) is 30.9 Å². The summed E-state index contributed by atoms with van der Waals surface area (Å²) in [5.41, 5.74) is 1.23. The molecule has 0 spiro atoms. The van der Waals surface area contributed by atoms with E-state index in [1.165, 1.54) is 4.90 Å². The third-order valence-electron chi connectivity index (χ3n) is 3.66. The maximum atomic E-state index is 8.98. The summed E-state index contributed by atoms with van der Waals surface area (Å²) in [6.45, 7) is 3.85. The number of anilines is 1. The molecule has 0 bridgehead atoms. The van der Waals surface area contributed by atoms with E-state index in [-0.39, 0.29) is 0 Å². The molecule has 0 atom stereocenters. The van der Waals surface area contributed by atoms with Gasteiger partial charge in [-0.1, -0.05) is 29.8 Å². The van der Waals surface area contributed by atoms with E-state index in [1.807, 2.05) is 17.8 Å². The second kappa shape index (κ2) is 12.5. The third kappa shape index (κ3) is 9.83. The van der Waals surface area contributed by atoms with Crippen LogP contribution in [0.1, 0.15) is 13.3 Å². The Balaban J connectivity index is 0.000000749. The summed E-state index contributed by atoms with van der Waals surface area (Å²) < 4.78 is 37.0. The molecule has 0 saturated heterocycles. The van der Waals surface area contributed by atoms with Gasteiger partial charge in [0.15, 0.2) is 4.98 Å². The highest BCUT2D eigenvalue weighted by atomic mass is 35.5. The van der Waals surface area contributed by atoms with Gasteiger partial charge in [0.2, 0.25) is 5.39 Å². The van der Waals surface area contributed by atoms with Crippen LogP contribution in [0.2, 0.25) is 5.02 Å². The largest absolute Gasteiger partial charge is 0.494 e. The zero-order valence-corrected chi connectivity index (χ0v) is 18.4. The first-order chi connectivity index (χ1) is 13.7. The Hall–Kier alpha value is -2.03. The SMILES string of the molecule is CCN(CCCSc1ccccc1)c1cc(Cl)c([N+]#N)cc1OC.O=S(=O)(O)O. The second-order valence-corrected chi connectivity index (χ2v) is 8.09. The van der Waals surface area contributed by atoms with Crippen molar-refractivity contribution in [3.63, 3.8) is 0 Å². The first-order valence-corrected chi connectivity index (χ1v) is 11.3. The first kappa shape index (κ1) is 25.0. The average Bonchev–Trinajstić information content (AvgIpc) is 2.67. The van der Waals surface area contributed by atoms with Gasteiger partial charge in [0.25, 0.3) is 0 Å². The van der Waals surface area contributed by atoms with Crippen molar-refractivity contribution in [3.05, 3.63) is 52.5 Å². The predicted octanol–water partition coefficient (Wildman–Crippen LogP) is 5.19. The lowest BCUT2D eigenvalue weighted by molar-refractivity contribution is 0.381. The van der Waals surface area contributed by atoms with Gasteiger partial charge in [0.05, 0.1) is 18.9 Å². The van der Waals surface area contributed by atoms with E-state index < -0.39 is 10.4 Å². The van der Waals surface area contributed by atoms with Gasteiger partial charge in [0, 0.05) is 18.0 Å². The smallest absolute Gasteiger partial charge is 0.407 e. The summed E-state index contributed by atoms with van der Waals surface area (Å²) >= 11 is 8.02. The molecule has 11 heteroatoms. The summed E-state index contributed by atoms with van der Waals surface area (Å²) in [6.07, 6.45) is 1.04. The number of benzene rings is 2. The van der Waals surface area contributed by atoms with E-state index >= 15 is 0 Å². The van der Waals surface area contributed by atoms with Crippen LogP contribution in [0.25, 0.3) is 4.98 Å². The minimum Gasteiger partial charge on any atom is -0.494 e. The number of rotatable bonds is 8. The van der Waals surface area contributed by atoms with E-state index in [1.54, 1.807) is 19.2 Å². The Morgan fingerprint density at radius 1 is 1.24 bits per heavy atom. The van der Waals surface area contributed by atoms with Gasteiger partial charge in [0.1, 0.15) is 10.8 Å². The lowest BCUT2D eigenvalue weighted by Gasteiger charge is -2.24. The molecule has 0 fully saturated rings. The standard InChI is InChI=1S/C18H21ClN3OS.H2O4S/c1-3-22(10-7-11-24-14-8-5-4-6-9-14)17-12-15(19)16(21-20)13-18(17)23-2;1-5(2,3)4/h4-6,8-9,12-13H,3,7,10-11H2,1-2H3;(H2,1,2,3,4)/q+1;. The van der Waals surface area contributed by atoms with Crippen LogP contribution in [0, 0.1) is 5.39 Å². The normalized spacial score (nSPS) is 10.5. The fraction of sp³-hybridized carbons (Fsp3) is 0.333. The fourth-order valence-corrected chi connectivity index (χ4v) is 3.48. The Bertz CT molecular complexity index is 913. The second-order valence-electron chi connectivity index (χ2n) is 5.62. The van der Waals surface area contributed by atoms with E-state index in [0.29, 0.717) is 16.5 Å². The molecule has 8 nitrogen and oxygen atoms in total. The Morgan fingerprint density at radius 3 is 2.38 bits per heavy atom.